The van der Waals surface area contributed by atoms with E-state index in [0.29, 0.717) is 12.8 Å². The van der Waals surface area contributed by atoms with Crippen molar-refractivity contribution in [1.29, 1.82) is 0 Å². The van der Waals surface area contributed by atoms with E-state index >= 15 is 0 Å². The van der Waals surface area contributed by atoms with Gasteiger partial charge in [0.25, 0.3) is 0 Å². The molecule has 5 nitrogen and oxygen atoms in total. The van der Waals surface area contributed by atoms with E-state index in [1.807, 2.05) is 6.92 Å². The van der Waals surface area contributed by atoms with Crippen molar-refractivity contribution >= 4 is 27.4 Å². The Morgan fingerprint density at radius 3 is 2.56 bits per heavy atom. The summed E-state index contributed by atoms with van der Waals surface area (Å²) < 4.78 is 23.7. The molecule has 0 aliphatic heterocycles. The van der Waals surface area contributed by atoms with Gasteiger partial charge in [-0.1, -0.05) is 24.9 Å². The van der Waals surface area contributed by atoms with Crippen LogP contribution >= 0.6 is 11.6 Å². The van der Waals surface area contributed by atoms with E-state index < -0.39 is 21.5 Å². The molecule has 1 aromatic rings. The van der Waals surface area contributed by atoms with Gasteiger partial charge in [-0.05, 0) is 18.6 Å². The molecule has 18 heavy (non-hydrogen) atoms. The second kappa shape index (κ2) is 7.45. The molecule has 0 aromatic carbocycles. The van der Waals surface area contributed by atoms with E-state index in [0.717, 1.165) is 6.07 Å². The molecule has 8 heteroatoms. The number of pyridine rings is 1. The molecular formula is C10H11ClNNaO4S. The molecule has 0 N–H and O–H groups in total. The van der Waals surface area contributed by atoms with Gasteiger partial charge in [0.2, 0.25) is 0 Å². The predicted octanol–water partition coefficient (Wildman–Crippen LogP) is -2.32. The molecule has 0 atom stereocenters. The Morgan fingerprint density at radius 2 is 2.06 bits per heavy atom. The van der Waals surface area contributed by atoms with Crippen LogP contribution in [0.4, 0.5) is 0 Å². The second-order valence-corrected chi connectivity index (χ2v) is 5.91. The number of unbranched alkanes of at least 4 members (excludes halogenated alkanes) is 1. The number of carboxylic acid groups (broad SMARTS) is 1. The molecular weight excluding hydrogens is 289 g/mol. The maximum atomic E-state index is 11.9. The van der Waals surface area contributed by atoms with Gasteiger partial charge in [-0.2, -0.15) is 0 Å². The topological polar surface area (TPSA) is 87.2 Å². The average molecular weight is 300 g/mol. The molecule has 1 aromatic heterocycles. The number of carboxylic acids is 1. The smallest absolute Gasteiger partial charge is 0.543 e. The Labute approximate surface area is 133 Å². The molecule has 0 aliphatic carbocycles. The summed E-state index contributed by atoms with van der Waals surface area (Å²) >= 11 is 5.52. The minimum Gasteiger partial charge on any atom is -0.543 e. The summed E-state index contributed by atoms with van der Waals surface area (Å²) in [6.07, 6.45) is 1.15. The van der Waals surface area contributed by atoms with Gasteiger partial charge in [-0.25, -0.2) is 13.4 Å². The fraction of sp³-hybridized carbons (Fsp3) is 0.400. The van der Waals surface area contributed by atoms with Gasteiger partial charge in [0.05, 0.1) is 16.6 Å². The summed E-state index contributed by atoms with van der Waals surface area (Å²) in [4.78, 5) is 13.9. The van der Waals surface area contributed by atoms with Crippen LogP contribution in [0.3, 0.4) is 0 Å². The van der Waals surface area contributed by atoms with Crippen LogP contribution in [0.1, 0.15) is 30.3 Å². The van der Waals surface area contributed by atoms with E-state index in [1.165, 1.54) is 6.07 Å². The monoisotopic (exact) mass is 299 g/mol. The third-order valence-electron chi connectivity index (χ3n) is 2.12. The van der Waals surface area contributed by atoms with Crippen LogP contribution in [0.2, 0.25) is 5.15 Å². The first-order valence-corrected chi connectivity index (χ1v) is 7.02. The average Bonchev–Trinajstić information content (AvgIpc) is 2.26. The standard InChI is InChI=1S/C10H12ClNO4S.Na/c1-2-3-6-17(15,16)7-4-5-8(11)12-9(7)10(13)14;/h4-5H,2-3,6H2,1H3,(H,13,14);/q;+1/p-1. The number of carbonyl (C=O) groups excluding carboxylic acids is 1. The van der Waals surface area contributed by atoms with Crippen LogP contribution in [-0.2, 0) is 9.84 Å². The van der Waals surface area contributed by atoms with Crippen LogP contribution in [0.15, 0.2) is 17.0 Å². The summed E-state index contributed by atoms with van der Waals surface area (Å²) in [6, 6.07) is 2.39. The molecule has 0 aliphatic rings. The first kappa shape index (κ1) is 17.9. The van der Waals surface area contributed by atoms with Crippen molar-refractivity contribution in [3.63, 3.8) is 0 Å². The van der Waals surface area contributed by atoms with Crippen molar-refractivity contribution in [2.24, 2.45) is 0 Å². The molecule has 0 fully saturated rings. The second-order valence-electron chi connectivity index (χ2n) is 3.44. The third-order valence-corrected chi connectivity index (χ3v) is 4.16. The predicted molar refractivity (Wildman–Crippen MR) is 60.5 cm³/mol. The molecule has 0 amide bonds. The molecule has 0 radical (unpaired) electrons. The zero-order valence-electron chi connectivity index (χ0n) is 10.1. The molecule has 0 saturated carbocycles. The number of sulfone groups is 1. The molecule has 1 rings (SSSR count). The van der Waals surface area contributed by atoms with Gasteiger partial charge in [-0.3, -0.25) is 0 Å². The molecule has 1 heterocycles. The largest absolute Gasteiger partial charge is 1.00 e. The number of hydrogen-bond donors (Lipinski definition) is 0. The first-order valence-electron chi connectivity index (χ1n) is 4.99. The summed E-state index contributed by atoms with van der Waals surface area (Å²) in [5.74, 6) is -1.77. The van der Waals surface area contributed by atoms with Gasteiger partial charge in [0.1, 0.15) is 10.8 Å². The SMILES string of the molecule is CCCCS(=O)(=O)c1ccc(Cl)nc1C(=O)[O-].[Na+]. The quantitative estimate of drug-likeness (QED) is 0.450. The number of halogens is 1. The van der Waals surface area contributed by atoms with E-state index in [1.54, 1.807) is 0 Å². The van der Waals surface area contributed by atoms with Crippen LogP contribution in [-0.4, -0.2) is 25.1 Å². The molecule has 0 bridgehead atoms. The minimum atomic E-state index is -3.66. The van der Waals surface area contributed by atoms with Crippen LogP contribution in [0.5, 0.6) is 0 Å². The number of nitrogens with zero attached hydrogens (tertiary/aromatic N) is 1. The maximum Gasteiger partial charge on any atom is 1.00 e. The first-order chi connectivity index (χ1) is 7.88. The van der Waals surface area contributed by atoms with E-state index in [2.05, 4.69) is 4.98 Å². The normalized spacial score (nSPS) is 10.8. The summed E-state index contributed by atoms with van der Waals surface area (Å²) in [6.45, 7) is 1.84. The van der Waals surface area contributed by atoms with Gasteiger partial charge in [0.15, 0.2) is 9.84 Å². The third kappa shape index (κ3) is 4.51. The van der Waals surface area contributed by atoms with Crippen molar-refractivity contribution in [2.45, 2.75) is 24.7 Å². The van der Waals surface area contributed by atoms with Crippen molar-refractivity contribution in [2.75, 3.05) is 5.75 Å². The summed E-state index contributed by atoms with van der Waals surface area (Å²) in [7, 11) is -3.66. The number of rotatable bonds is 5. The maximum absolute atomic E-state index is 11.9. The number of carbonyl (C=O) groups is 1. The summed E-state index contributed by atoms with van der Waals surface area (Å²) in [5.41, 5.74) is -0.631. The van der Waals surface area contributed by atoms with Crippen molar-refractivity contribution in [1.82, 2.24) is 4.98 Å². The zero-order chi connectivity index (χ0) is 13.1. The van der Waals surface area contributed by atoms with Crippen molar-refractivity contribution in [3.05, 3.63) is 23.0 Å². The molecule has 94 valence electrons. The number of aromatic carboxylic acids is 1. The van der Waals surface area contributed by atoms with Gasteiger partial charge in [0, 0.05) is 0 Å². The Kier molecular flexibility index (Phi) is 7.39. The fourth-order valence-corrected chi connectivity index (χ4v) is 3.00. The van der Waals surface area contributed by atoms with Crippen LogP contribution in [0.25, 0.3) is 0 Å². The Bertz CT molecular complexity index is 533. The summed E-state index contributed by atoms with van der Waals surface area (Å²) in [5, 5.41) is 10.7. The van der Waals surface area contributed by atoms with Gasteiger partial charge >= 0.3 is 29.6 Å². The van der Waals surface area contributed by atoms with E-state index in [-0.39, 0.29) is 45.4 Å². The molecule has 0 saturated heterocycles. The number of aromatic nitrogens is 1. The fourth-order valence-electron chi connectivity index (χ4n) is 1.26. The van der Waals surface area contributed by atoms with E-state index in [9.17, 15) is 18.3 Å². The van der Waals surface area contributed by atoms with Gasteiger partial charge in [-0.15, -0.1) is 0 Å². The van der Waals surface area contributed by atoms with Crippen molar-refractivity contribution < 1.29 is 47.9 Å². The Hall–Kier alpha value is -0.140. The van der Waals surface area contributed by atoms with Crippen molar-refractivity contribution in [3.8, 4) is 0 Å². The van der Waals surface area contributed by atoms with Crippen LogP contribution in [0, 0.1) is 0 Å². The minimum absolute atomic E-state index is 0. The molecule has 0 spiro atoms. The van der Waals surface area contributed by atoms with E-state index in [4.69, 9.17) is 11.6 Å². The van der Waals surface area contributed by atoms with Crippen LogP contribution < -0.4 is 34.7 Å². The number of hydrogen-bond acceptors (Lipinski definition) is 5. The Balaban J connectivity index is 0.00000289. The zero-order valence-corrected chi connectivity index (χ0v) is 13.7. The van der Waals surface area contributed by atoms with Gasteiger partial charge < -0.3 is 9.90 Å². The Morgan fingerprint density at radius 1 is 1.44 bits per heavy atom. The molecule has 0 unspecified atom stereocenters.